The first-order valence-corrected chi connectivity index (χ1v) is 16.0. The van der Waals surface area contributed by atoms with E-state index in [9.17, 15) is 0 Å². The minimum atomic E-state index is -2.03. The van der Waals surface area contributed by atoms with E-state index in [0.717, 1.165) is 10.4 Å². The standard InChI is InChI=1S/C4H7O.3C4H9.Sn/c1-4(2)5-3;3*1-3-4-2;/h1,3H2,2H3;3*1,3-4H2,2H3;. The Bertz CT molecular complexity index is 191. The van der Waals surface area contributed by atoms with Gasteiger partial charge in [-0.2, -0.15) is 0 Å². The second kappa shape index (κ2) is 11.2. The number of rotatable bonds is 12. The molecule has 0 atom stereocenters. The Morgan fingerprint density at radius 1 is 0.889 bits per heavy atom. The van der Waals surface area contributed by atoms with Gasteiger partial charge in [0.25, 0.3) is 0 Å². The van der Waals surface area contributed by atoms with Crippen LogP contribution in [0.3, 0.4) is 0 Å². The van der Waals surface area contributed by atoms with Crippen LogP contribution in [0.1, 0.15) is 66.2 Å². The molecule has 0 unspecified atom stereocenters. The zero-order valence-corrected chi connectivity index (χ0v) is 16.0. The molecule has 0 saturated heterocycles. The third-order valence-electron chi connectivity index (χ3n) is 3.81. The van der Waals surface area contributed by atoms with Gasteiger partial charge in [0.05, 0.1) is 0 Å². The molecule has 0 aliphatic carbocycles. The Balaban J connectivity index is 4.55. The predicted octanol–water partition coefficient (Wildman–Crippen LogP) is 5.92. The molecule has 0 N–H and O–H groups in total. The molecular weight excluding hydrogens is 327 g/mol. The van der Waals surface area contributed by atoms with Gasteiger partial charge in [-0.15, -0.1) is 0 Å². The maximum atomic E-state index is 5.90. The molecule has 0 aromatic rings. The number of ether oxygens (including phenoxy) is 1. The average Bonchev–Trinajstić information content (AvgIpc) is 2.37. The van der Waals surface area contributed by atoms with Crippen molar-refractivity contribution in [3.63, 3.8) is 0 Å². The van der Waals surface area contributed by atoms with Crippen LogP contribution in [0.5, 0.6) is 0 Å². The van der Waals surface area contributed by atoms with Gasteiger partial charge in [0, 0.05) is 0 Å². The fourth-order valence-electron chi connectivity index (χ4n) is 2.52. The number of unbranched alkanes of at least 4 members (excludes halogenated alkanes) is 3. The van der Waals surface area contributed by atoms with Crippen LogP contribution in [0.25, 0.3) is 0 Å². The normalized spacial score (nSPS) is 11.6. The van der Waals surface area contributed by atoms with E-state index in [2.05, 4.69) is 27.4 Å². The molecule has 0 bridgehead atoms. The van der Waals surface area contributed by atoms with Gasteiger partial charge < -0.3 is 0 Å². The van der Waals surface area contributed by atoms with Crippen molar-refractivity contribution in [2.45, 2.75) is 79.5 Å². The van der Waals surface area contributed by atoms with Crippen LogP contribution in [0.4, 0.5) is 0 Å². The maximum absolute atomic E-state index is 5.90. The van der Waals surface area contributed by atoms with Crippen LogP contribution in [0.2, 0.25) is 13.3 Å². The molecule has 0 saturated carbocycles. The van der Waals surface area contributed by atoms with Crippen molar-refractivity contribution in [2.75, 3.05) is 4.62 Å². The first-order chi connectivity index (χ1) is 8.60. The minimum absolute atomic E-state index is 0.917. The molecule has 0 aromatic heterocycles. The summed E-state index contributed by atoms with van der Waals surface area (Å²) in [4.78, 5) is 0. The Labute approximate surface area is 119 Å². The van der Waals surface area contributed by atoms with Crippen LogP contribution < -0.4 is 0 Å². The first kappa shape index (κ1) is 18.3. The van der Waals surface area contributed by atoms with Gasteiger partial charge >= 0.3 is 120 Å². The summed E-state index contributed by atoms with van der Waals surface area (Å²) in [6.07, 6.45) is 8.27. The van der Waals surface area contributed by atoms with Crippen LogP contribution in [-0.4, -0.2) is 23.0 Å². The van der Waals surface area contributed by atoms with E-state index in [1.807, 2.05) is 6.92 Å². The van der Waals surface area contributed by atoms with Crippen LogP contribution in [-0.2, 0) is 4.74 Å². The van der Waals surface area contributed by atoms with Crippen LogP contribution in [0, 0.1) is 0 Å². The molecule has 0 heterocycles. The molecule has 0 spiro atoms. The van der Waals surface area contributed by atoms with Crippen molar-refractivity contribution in [2.24, 2.45) is 0 Å². The van der Waals surface area contributed by atoms with Gasteiger partial charge in [-0.3, -0.25) is 0 Å². The quantitative estimate of drug-likeness (QED) is 0.309. The molecule has 0 amide bonds. The van der Waals surface area contributed by atoms with E-state index in [-0.39, 0.29) is 0 Å². The molecule has 0 fully saturated rings. The van der Waals surface area contributed by atoms with Gasteiger partial charge in [-0.25, -0.2) is 0 Å². The topological polar surface area (TPSA) is 9.23 Å². The predicted molar refractivity (Wildman–Crippen MR) is 85.7 cm³/mol. The summed E-state index contributed by atoms with van der Waals surface area (Å²) in [6, 6.07) is 0. The van der Waals surface area contributed by atoms with E-state index >= 15 is 0 Å². The number of hydrogen-bond donors (Lipinski definition) is 0. The molecule has 0 aliphatic heterocycles. The van der Waals surface area contributed by atoms with Crippen LogP contribution >= 0.6 is 0 Å². The molecule has 0 aromatic carbocycles. The third kappa shape index (κ3) is 8.44. The van der Waals surface area contributed by atoms with Crippen molar-refractivity contribution in [3.8, 4) is 0 Å². The summed E-state index contributed by atoms with van der Waals surface area (Å²) in [7, 11) is 0. The fraction of sp³-hybridized carbons (Fsp3) is 0.875. The molecule has 0 radical (unpaired) electrons. The number of hydrogen-bond acceptors (Lipinski definition) is 1. The summed E-state index contributed by atoms with van der Waals surface area (Å²) < 4.78 is 11.6. The Hall–Kier alpha value is 0.339. The summed E-state index contributed by atoms with van der Waals surface area (Å²) in [5.41, 5.74) is 0. The van der Waals surface area contributed by atoms with E-state index < -0.39 is 18.4 Å². The van der Waals surface area contributed by atoms with Gasteiger partial charge in [0.2, 0.25) is 0 Å². The van der Waals surface area contributed by atoms with Crippen molar-refractivity contribution < 1.29 is 4.74 Å². The fourth-order valence-corrected chi connectivity index (χ4v) is 16.9. The monoisotopic (exact) mass is 362 g/mol. The summed E-state index contributed by atoms with van der Waals surface area (Å²) >= 11 is -2.03. The van der Waals surface area contributed by atoms with Crippen molar-refractivity contribution >= 4 is 18.4 Å². The van der Waals surface area contributed by atoms with Gasteiger partial charge in [0.1, 0.15) is 0 Å². The molecule has 2 heteroatoms. The average molecular weight is 361 g/mol. The van der Waals surface area contributed by atoms with Crippen molar-refractivity contribution in [1.82, 2.24) is 0 Å². The van der Waals surface area contributed by atoms with E-state index in [1.165, 1.54) is 51.8 Å². The Kier molecular flexibility index (Phi) is 11.4. The SMILES string of the molecule is C=C(C)O[CH2][Sn]([CH2]CCC)([CH2]CCC)[CH2]CCC. The van der Waals surface area contributed by atoms with E-state index in [0.29, 0.717) is 0 Å². The molecular formula is C16H34OSn. The van der Waals surface area contributed by atoms with E-state index in [4.69, 9.17) is 4.74 Å². The summed E-state index contributed by atoms with van der Waals surface area (Å²) in [5.74, 6) is 0.917. The molecule has 0 rings (SSSR count). The summed E-state index contributed by atoms with van der Waals surface area (Å²) in [6.45, 7) is 12.9. The van der Waals surface area contributed by atoms with Crippen molar-refractivity contribution in [3.05, 3.63) is 12.3 Å². The second-order valence-electron chi connectivity index (χ2n) is 5.80. The van der Waals surface area contributed by atoms with Crippen LogP contribution in [0.15, 0.2) is 12.3 Å². The van der Waals surface area contributed by atoms with Gasteiger partial charge in [-0.05, 0) is 0 Å². The zero-order valence-electron chi connectivity index (χ0n) is 13.2. The molecule has 108 valence electrons. The first-order valence-electron chi connectivity index (χ1n) is 7.88. The molecule has 18 heavy (non-hydrogen) atoms. The van der Waals surface area contributed by atoms with Crippen molar-refractivity contribution in [1.29, 1.82) is 0 Å². The Morgan fingerprint density at radius 3 is 1.56 bits per heavy atom. The number of allylic oxidation sites excluding steroid dienone is 1. The zero-order chi connectivity index (χ0) is 13.9. The van der Waals surface area contributed by atoms with Gasteiger partial charge in [-0.1, -0.05) is 0 Å². The Morgan fingerprint density at radius 2 is 1.28 bits per heavy atom. The molecule has 1 nitrogen and oxygen atoms in total. The van der Waals surface area contributed by atoms with Gasteiger partial charge in [0.15, 0.2) is 0 Å². The third-order valence-corrected chi connectivity index (χ3v) is 18.1. The molecule has 0 aliphatic rings. The second-order valence-corrected chi connectivity index (χ2v) is 19.5. The summed E-state index contributed by atoms with van der Waals surface area (Å²) in [5, 5.41) is 0. The van der Waals surface area contributed by atoms with E-state index in [1.54, 1.807) is 0 Å².